The van der Waals surface area contributed by atoms with Crippen molar-refractivity contribution in [2.75, 3.05) is 18.6 Å². The molecule has 0 saturated heterocycles. The molecule has 0 spiro atoms. The maximum absolute atomic E-state index is 13.2. The third kappa shape index (κ3) is 14.2. The number of nitrogens with zero attached hydrogens (tertiary/aromatic N) is 1. The van der Waals surface area contributed by atoms with Crippen molar-refractivity contribution in [3.63, 3.8) is 0 Å². The summed E-state index contributed by atoms with van der Waals surface area (Å²) in [6.45, 7) is 0.129. The topological polar surface area (TPSA) is 278 Å². The molecule has 4 atom stereocenters. The summed E-state index contributed by atoms with van der Waals surface area (Å²) in [5, 5.41) is 26.6. The highest BCUT2D eigenvalue weighted by atomic mass is 32.2. The van der Waals surface area contributed by atoms with Gasteiger partial charge in [-0.25, -0.2) is 4.79 Å². The minimum Gasteiger partial charge on any atom is -0.508 e. The first-order valence-corrected chi connectivity index (χ1v) is 14.2. The maximum atomic E-state index is 13.2. The number of benzene rings is 1. The van der Waals surface area contributed by atoms with E-state index in [1.54, 1.807) is 0 Å². The van der Waals surface area contributed by atoms with E-state index in [-0.39, 0.29) is 50.4 Å². The largest absolute Gasteiger partial charge is 0.508 e. The lowest BCUT2D eigenvalue weighted by Gasteiger charge is -2.25. The van der Waals surface area contributed by atoms with E-state index in [1.807, 2.05) is 6.26 Å². The van der Waals surface area contributed by atoms with E-state index in [4.69, 9.17) is 22.9 Å². The molecule has 0 heterocycles. The van der Waals surface area contributed by atoms with Crippen molar-refractivity contribution in [3.8, 4) is 5.75 Å². The molecular weight excluding hydrogens is 556 g/mol. The molecule has 1 aromatic carbocycles. The number of nitrogens with one attached hydrogen (secondary N) is 3. The number of carboxylic acid groups (broad SMARTS) is 1. The van der Waals surface area contributed by atoms with Crippen LogP contribution in [0.1, 0.15) is 37.7 Å². The monoisotopic (exact) mass is 596 g/mol. The molecule has 0 aliphatic carbocycles. The van der Waals surface area contributed by atoms with Crippen LogP contribution in [0.5, 0.6) is 5.75 Å². The van der Waals surface area contributed by atoms with Gasteiger partial charge in [0.15, 0.2) is 5.96 Å². The smallest absolute Gasteiger partial charge is 0.326 e. The molecule has 0 bridgehead atoms. The van der Waals surface area contributed by atoms with Gasteiger partial charge in [0.2, 0.25) is 23.6 Å². The van der Waals surface area contributed by atoms with Gasteiger partial charge in [0.1, 0.15) is 23.9 Å². The fourth-order valence-corrected chi connectivity index (χ4v) is 4.08. The quantitative estimate of drug-likeness (QED) is 0.0472. The number of carbonyl (C=O) groups is 5. The Morgan fingerprint density at radius 2 is 1.44 bits per heavy atom. The van der Waals surface area contributed by atoms with E-state index < -0.39 is 53.8 Å². The first-order chi connectivity index (χ1) is 19.3. The molecule has 0 fully saturated rings. The van der Waals surface area contributed by atoms with Gasteiger partial charge in [-0.3, -0.25) is 24.2 Å². The highest BCUT2D eigenvalue weighted by Gasteiger charge is 2.30. The van der Waals surface area contributed by atoms with Crippen LogP contribution in [-0.4, -0.2) is 88.5 Å². The number of nitrogens with two attached hydrogens (primary N) is 4. The molecule has 4 amide bonds. The molecule has 0 aliphatic heterocycles. The second-order valence-electron chi connectivity index (χ2n) is 9.23. The number of carbonyl (C=O) groups excluding carboxylic acids is 4. The summed E-state index contributed by atoms with van der Waals surface area (Å²) in [5.74, 6) is -3.78. The summed E-state index contributed by atoms with van der Waals surface area (Å²) in [6.07, 6.45) is 1.99. The van der Waals surface area contributed by atoms with Crippen LogP contribution in [0.15, 0.2) is 29.3 Å². The molecule has 228 valence electrons. The number of phenols is 1. The van der Waals surface area contributed by atoms with Crippen LogP contribution in [0.2, 0.25) is 0 Å². The molecule has 1 rings (SSSR count). The fraction of sp³-hybridized carbons (Fsp3) is 0.520. The van der Waals surface area contributed by atoms with E-state index in [0.717, 1.165) is 0 Å². The Hall–Kier alpha value is -4.05. The predicted molar refractivity (Wildman–Crippen MR) is 155 cm³/mol. The number of amides is 4. The molecule has 1 aromatic rings. The van der Waals surface area contributed by atoms with Gasteiger partial charge in [-0.05, 0) is 55.4 Å². The second-order valence-corrected chi connectivity index (χ2v) is 10.2. The third-order valence-corrected chi connectivity index (χ3v) is 6.50. The number of rotatable bonds is 19. The Morgan fingerprint density at radius 1 is 0.878 bits per heavy atom. The van der Waals surface area contributed by atoms with Gasteiger partial charge in [0, 0.05) is 19.4 Å². The molecule has 13 N–H and O–H groups in total. The average Bonchev–Trinajstić information content (AvgIpc) is 2.91. The van der Waals surface area contributed by atoms with Crippen LogP contribution in [-0.2, 0) is 30.4 Å². The normalized spacial score (nSPS) is 13.6. The molecular formula is C25H40N8O7S. The van der Waals surface area contributed by atoms with Gasteiger partial charge in [-0.2, -0.15) is 11.8 Å². The third-order valence-electron chi connectivity index (χ3n) is 5.85. The number of hydrogen-bond donors (Lipinski definition) is 9. The summed E-state index contributed by atoms with van der Waals surface area (Å²) in [7, 11) is 0. The minimum absolute atomic E-state index is 0.00333. The zero-order valence-electron chi connectivity index (χ0n) is 22.9. The highest BCUT2D eigenvalue weighted by molar-refractivity contribution is 7.98. The van der Waals surface area contributed by atoms with Crippen molar-refractivity contribution in [2.45, 2.75) is 62.7 Å². The molecule has 41 heavy (non-hydrogen) atoms. The SMILES string of the molecule is CSCCC(N)C(=O)NC(CCC(N)=O)C(=O)NC(CCCN=C(N)N)C(=O)NC(Cc1ccc(O)cc1)C(=O)O. The van der Waals surface area contributed by atoms with Crippen molar-refractivity contribution in [1.82, 2.24) is 16.0 Å². The molecule has 0 saturated carbocycles. The maximum Gasteiger partial charge on any atom is 0.326 e. The summed E-state index contributed by atoms with van der Waals surface area (Å²) >= 11 is 1.49. The number of aliphatic imine (C=N–C) groups is 1. The Balaban J connectivity index is 3.10. The van der Waals surface area contributed by atoms with Gasteiger partial charge in [0.05, 0.1) is 6.04 Å². The van der Waals surface area contributed by atoms with Crippen molar-refractivity contribution in [1.29, 1.82) is 0 Å². The summed E-state index contributed by atoms with van der Waals surface area (Å²) in [6, 6.07) is 1.06. The van der Waals surface area contributed by atoms with Crippen LogP contribution in [0.4, 0.5) is 0 Å². The van der Waals surface area contributed by atoms with Crippen LogP contribution in [0.3, 0.4) is 0 Å². The van der Waals surface area contributed by atoms with Crippen molar-refractivity contribution >= 4 is 47.3 Å². The molecule has 4 unspecified atom stereocenters. The van der Waals surface area contributed by atoms with E-state index in [2.05, 4.69) is 20.9 Å². The average molecular weight is 597 g/mol. The van der Waals surface area contributed by atoms with Crippen LogP contribution in [0, 0.1) is 0 Å². The predicted octanol–water partition coefficient (Wildman–Crippen LogP) is -2.13. The molecule has 0 aliphatic rings. The number of thioether (sulfide) groups is 1. The van der Waals surface area contributed by atoms with Crippen LogP contribution in [0.25, 0.3) is 0 Å². The van der Waals surface area contributed by atoms with Crippen molar-refractivity contribution in [3.05, 3.63) is 29.8 Å². The standard InChI is InChI=1S/C25H40N8O7S/c1-41-12-10-16(26)21(36)31-18(8-9-20(27)35)23(38)32-17(3-2-11-30-25(28)29)22(37)33-19(24(39)40)13-14-4-6-15(34)7-5-14/h4-7,16-19,34H,2-3,8-13,26H2,1H3,(H2,27,35)(H,31,36)(H,32,38)(H,33,37)(H,39,40)(H4,28,29,30). The van der Waals surface area contributed by atoms with Gasteiger partial charge in [-0.15, -0.1) is 0 Å². The first-order valence-electron chi connectivity index (χ1n) is 12.8. The molecule has 15 nitrogen and oxygen atoms in total. The zero-order valence-corrected chi connectivity index (χ0v) is 23.7. The van der Waals surface area contributed by atoms with Gasteiger partial charge >= 0.3 is 5.97 Å². The number of aliphatic carboxylic acids is 1. The number of guanidine groups is 1. The number of hydrogen-bond acceptors (Lipinski definition) is 9. The van der Waals surface area contributed by atoms with Gasteiger partial charge < -0.3 is 49.1 Å². The number of aromatic hydroxyl groups is 1. The van der Waals surface area contributed by atoms with Gasteiger partial charge in [-0.1, -0.05) is 12.1 Å². The van der Waals surface area contributed by atoms with Crippen molar-refractivity contribution < 1.29 is 34.2 Å². The molecule has 16 heteroatoms. The highest BCUT2D eigenvalue weighted by Crippen LogP contribution is 2.12. The zero-order chi connectivity index (χ0) is 30.9. The molecule has 0 aromatic heterocycles. The second kappa shape index (κ2) is 18.3. The lowest BCUT2D eigenvalue weighted by Crippen LogP contribution is -2.57. The fourth-order valence-electron chi connectivity index (χ4n) is 3.59. The van der Waals surface area contributed by atoms with E-state index >= 15 is 0 Å². The summed E-state index contributed by atoms with van der Waals surface area (Å²) < 4.78 is 0. The number of primary amides is 1. The van der Waals surface area contributed by atoms with E-state index in [0.29, 0.717) is 17.7 Å². The number of phenolic OH excluding ortho intramolecular Hbond substituents is 1. The van der Waals surface area contributed by atoms with Crippen molar-refractivity contribution in [2.24, 2.45) is 27.9 Å². The van der Waals surface area contributed by atoms with Gasteiger partial charge in [0.25, 0.3) is 0 Å². The van der Waals surface area contributed by atoms with Crippen LogP contribution < -0.4 is 38.9 Å². The summed E-state index contributed by atoms with van der Waals surface area (Å²) in [5.41, 5.74) is 22.3. The lowest BCUT2D eigenvalue weighted by molar-refractivity contribution is -0.142. The first kappa shape index (κ1) is 35.0. The summed E-state index contributed by atoms with van der Waals surface area (Å²) in [4.78, 5) is 66.1. The minimum atomic E-state index is -1.36. The Bertz CT molecular complexity index is 1070. The van der Waals surface area contributed by atoms with Crippen LogP contribution >= 0.6 is 11.8 Å². The molecule has 0 radical (unpaired) electrons. The van der Waals surface area contributed by atoms with E-state index in [9.17, 15) is 34.2 Å². The number of carboxylic acids is 1. The Labute approximate surface area is 242 Å². The lowest BCUT2D eigenvalue weighted by atomic mass is 10.0. The van der Waals surface area contributed by atoms with E-state index in [1.165, 1.54) is 36.0 Å². The Kier molecular flexibility index (Phi) is 15.6. The Morgan fingerprint density at radius 3 is 1.98 bits per heavy atom.